The molecule has 1 N–H and O–H groups in total. The Morgan fingerprint density at radius 3 is 2.35 bits per heavy atom. The van der Waals surface area contributed by atoms with E-state index in [1.165, 1.54) is 6.42 Å². The zero-order chi connectivity index (χ0) is 14.3. The van der Waals surface area contributed by atoms with E-state index in [4.69, 9.17) is 24.1 Å². The molecule has 5 nitrogen and oxygen atoms in total. The van der Waals surface area contributed by atoms with Crippen LogP contribution in [-0.4, -0.2) is 57.6 Å². The van der Waals surface area contributed by atoms with Crippen molar-refractivity contribution in [3.63, 3.8) is 0 Å². The van der Waals surface area contributed by atoms with Gasteiger partial charge in [0.25, 0.3) is 0 Å². The van der Waals surface area contributed by atoms with Crippen LogP contribution < -0.4 is 0 Å². The summed E-state index contributed by atoms with van der Waals surface area (Å²) in [5.74, 6) is 0. The van der Waals surface area contributed by atoms with E-state index in [1.807, 2.05) is 0 Å². The summed E-state index contributed by atoms with van der Waals surface area (Å²) in [6.07, 6.45) is 7.19. The second kappa shape index (κ2) is 13.8. The summed E-state index contributed by atoms with van der Waals surface area (Å²) in [4.78, 5) is 0. The number of unbranched alkanes of at least 4 members (excludes halogenated alkanes) is 2. The number of hydrogen-bond acceptors (Lipinski definition) is 5. The molecule has 0 spiro atoms. The van der Waals surface area contributed by atoms with Crippen molar-refractivity contribution in [3.8, 4) is 0 Å². The van der Waals surface area contributed by atoms with Gasteiger partial charge in [-0.1, -0.05) is 0 Å². The monoisotopic (exact) mass is 290 g/mol. The maximum absolute atomic E-state index is 8.61. The van der Waals surface area contributed by atoms with Crippen molar-refractivity contribution in [3.05, 3.63) is 0 Å². The summed E-state index contributed by atoms with van der Waals surface area (Å²) >= 11 is 0. The van der Waals surface area contributed by atoms with Crippen LogP contribution in [0.2, 0.25) is 0 Å². The molecule has 0 aliphatic carbocycles. The number of rotatable bonds is 13. The standard InChI is InChI=1S/C15H30O5/c16-8-3-1-4-9-17-13-14-18-10-6-12-20-15-7-2-5-11-19-15/h15-16H,1-14H2. The van der Waals surface area contributed by atoms with Gasteiger partial charge in [-0.25, -0.2) is 0 Å². The summed E-state index contributed by atoms with van der Waals surface area (Å²) in [6, 6.07) is 0. The summed E-state index contributed by atoms with van der Waals surface area (Å²) < 4.78 is 22.0. The largest absolute Gasteiger partial charge is 0.396 e. The fraction of sp³-hybridized carbons (Fsp3) is 1.00. The highest BCUT2D eigenvalue weighted by atomic mass is 16.7. The van der Waals surface area contributed by atoms with Gasteiger partial charge in [0.1, 0.15) is 0 Å². The highest BCUT2D eigenvalue weighted by Gasteiger charge is 2.13. The zero-order valence-corrected chi connectivity index (χ0v) is 12.6. The Morgan fingerprint density at radius 2 is 1.65 bits per heavy atom. The van der Waals surface area contributed by atoms with Crippen molar-refractivity contribution in [2.45, 2.75) is 51.2 Å². The molecule has 0 aromatic carbocycles. The molecular formula is C15H30O5. The molecule has 1 fully saturated rings. The summed E-state index contributed by atoms with van der Waals surface area (Å²) in [7, 11) is 0. The third-order valence-corrected chi connectivity index (χ3v) is 3.19. The van der Waals surface area contributed by atoms with Crippen LogP contribution >= 0.6 is 0 Å². The molecule has 1 aliphatic rings. The van der Waals surface area contributed by atoms with Gasteiger partial charge in [0.2, 0.25) is 0 Å². The van der Waals surface area contributed by atoms with E-state index in [2.05, 4.69) is 0 Å². The van der Waals surface area contributed by atoms with Crippen molar-refractivity contribution >= 4 is 0 Å². The molecular weight excluding hydrogens is 260 g/mol. The van der Waals surface area contributed by atoms with Crippen LogP contribution in [0.4, 0.5) is 0 Å². The first-order chi connectivity index (χ1) is 9.93. The molecule has 0 saturated carbocycles. The number of ether oxygens (including phenoxy) is 4. The van der Waals surface area contributed by atoms with Crippen LogP contribution in [-0.2, 0) is 18.9 Å². The summed E-state index contributed by atoms with van der Waals surface area (Å²) in [5.41, 5.74) is 0. The van der Waals surface area contributed by atoms with Gasteiger partial charge in [0, 0.05) is 26.4 Å². The average Bonchev–Trinajstić information content (AvgIpc) is 2.49. The molecule has 1 aliphatic heterocycles. The molecule has 1 heterocycles. The molecule has 0 bridgehead atoms. The Balaban J connectivity index is 1.70. The smallest absolute Gasteiger partial charge is 0.157 e. The minimum atomic E-state index is 0.00556. The fourth-order valence-electron chi connectivity index (χ4n) is 2.03. The predicted octanol–water partition coefficient (Wildman–Crippen LogP) is 2.12. The molecule has 0 aromatic rings. The molecule has 1 rings (SSSR count). The molecule has 1 unspecified atom stereocenters. The lowest BCUT2D eigenvalue weighted by Crippen LogP contribution is -2.23. The van der Waals surface area contributed by atoms with E-state index < -0.39 is 0 Å². The number of aliphatic hydroxyl groups excluding tert-OH is 1. The Kier molecular flexibility index (Phi) is 12.3. The third-order valence-electron chi connectivity index (χ3n) is 3.19. The lowest BCUT2D eigenvalue weighted by atomic mass is 10.2. The SMILES string of the molecule is OCCCCCOCCOCCCOC1CCCCO1. The van der Waals surface area contributed by atoms with Crippen LogP contribution in [0.25, 0.3) is 0 Å². The Bertz CT molecular complexity index is 195. The van der Waals surface area contributed by atoms with E-state index >= 15 is 0 Å². The molecule has 120 valence electrons. The predicted molar refractivity (Wildman–Crippen MR) is 76.7 cm³/mol. The van der Waals surface area contributed by atoms with Crippen LogP contribution in [0.5, 0.6) is 0 Å². The Hall–Kier alpha value is -0.200. The third kappa shape index (κ3) is 10.6. The van der Waals surface area contributed by atoms with Gasteiger partial charge >= 0.3 is 0 Å². The minimum Gasteiger partial charge on any atom is -0.396 e. The first-order valence-electron chi connectivity index (χ1n) is 7.93. The molecule has 0 amide bonds. The van der Waals surface area contributed by atoms with Crippen LogP contribution in [0.3, 0.4) is 0 Å². The van der Waals surface area contributed by atoms with Gasteiger partial charge in [-0.15, -0.1) is 0 Å². The van der Waals surface area contributed by atoms with E-state index in [0.29, 0.717) is 26.4 Å². The van der Waals surface area contributed by atoms with Crippen molar-refractivity contribution in [1.82, 2.24) is 0 Å². The summed E-state index contributed by atoms with van der Waals surface area (Å²) in [6.45, 7) is 4.55. The topological polar surface area (TPSA) is 57.2 Å². The Morgan fingerprint density at radius 1 is 0.850 bits per heavy atom. The first kappa shape index (κ1) is 17.9. The highest BCUT2D eigenvalue weighted by molar-refractivity contribution is 4.53. The van der Waals surface area contributed by atoms with Crippen molar-refractivity contribution < 1.29 is 24.1 Å². The maximum Gasteiger partial charge on any atom is 0.157 e. The van der Waals surface area contributed by atoms with Gasteiger partial charge < -0.3 is 24.1 Å². The molecule has 0 radical (unpaired) electrons. The van der Waals surface area contributed by atoms with Gasteiger partial charge in [-0.05, 0) is 44.9 Å². The minimum absolute atomic E-state index is 0.00556. The van der Waals surface area contributed by atoms with Gasteiger partial charge in [0.15, 0.2) is 6.29 Å². The molecule has 5 heteroatoms. The Labute approximate surface area is 122 Å². The van der Waals surface area contributed by atoms with E-state index in [-0.39, 0.29) is 12.9 Å². The maximum atomic E-state index is 8.61. The highest BCUT2D eigenvalue weighted by Crippen LogP contribution is 2.13. The van der Waals surface area contributed by atoms with Crippen LogP contribution in [0.15, 0.2) is 0 Å². The van der Waals surface area contributed by atoms with Gasteiger partial charge in [0.05, 0.1) is 19.8 Å². The second-order valence-electron chi connectivity index (χ2n) is 5.03. The average molecular weight is 290 g/mol. The van der Waals surface area contributed by atoms with Gasteiger partial charge in [-0.2, -0.15) is 0 Å². The van der Waals surface area contributed by atoms with Crippen LogP contribution in [0.1, 0.15) is 44.9 Å². The van der Waals surface area contributed by atoms with Crippen molar-refractivity contribution in [2.75, 3.05) is 46.2 Å². The zero-order valence-electron chi connectivity index (χ0n) is 12.6. The number of hydrogen-bond donors (Lipinski definition) is 1. The quantitative estimate of drug-likeness (QED) is 0.527. The van der Waals surface area contributed by atoms with Crippen molar-refractivity contribution in [1.29, 1.82) is 0 Å². The van der Waals surface area contributed by atoms with E-state index in [0.717, 1.165) is 51.7 Å². The molecule has 1 saturated heterocycles. The van der Waals surface area contributed by atoms with E-state index in [9.17, 15) is 0 Å². The fourth-order valence-corrected chi connectivity index (χ4v) is 2.03. The lowest BCUT2D eigenvalue weighted by molar-refractivity contribution is -0.164. The number of aliphatic hydroxyl groups is 1. The first-order valence-corrected chi connectivity index (χ1v) is 7.93. The second-order valence-corrected chi connectivity index (χ2v) is 5.03. The van der Waals surface area contributed by atoms with E-state index in [1.54, 1.807) is 0 Å². The summed E-state index contributed by atoms with van der Waals surface area (Å²) in [5, 5.41) is 8.61. The van der Waals surface area contributed by atoms with Crippen LogP contribution in [0, 0.1) is 0 Å². The lowest BCUT2D eigenvalue weighted by Gasteiger charge is -2.22. The molecule has 1 atom stereocenters. The normalized spacial score (nSPS) is 19.4. The van der Waals surface area contributed by atoms with Gasteiger partial charge in [-0.3, -0.25) is 0 Å². The molecule has 0 aromatic heterocycles. The molecule has 20 heavy (non-hydrogen) atoms. The van der Waals surface area contributed by atoms with Crippen molar-refractivity contribution in [2.24, 2.45) is 0 Å².